The van der Waals surface area contributed by atoms with E-state index in [1.54, 1.807) is 0 Å². The predicted molar refractivity (Wildman–Crippen MR) is 258 cm³/mol. The molecule has 0 saturated carbocycles. The van der Waals surface area contributed by atoms with Crippen molar-refractivity contribution in [2.24, 2.45) is 22.2 Å². The van der Waals surface area contributed by atoms with Gasteiger partial charge in [0.05, 0.1) is 16.7 Å². The van der Waals surface area contributed by atoms with Crippen molar-refractivity contribution < 1.29 is 0 Å². The van der Waals surface area contributed by atoms with Crippen LogP contribution >= 0.6 is 0 Å². The minimum atomic E-state index is -0.158. The summed E-state index contributed by atoms with van der Waals surface area (Å²) in [5, 5.41) is 97.6. The summed E-state index contributed by atoms with van der Waals surface area (Å²) < 4.78 is 0. The number of hydrogen-bond donors (Lipinski definition) is 3. The van der Waals surface area contributed by atoms with Gasteiger partial charge in [0, 0.05) is 53.4 Å². The minimum Gasteiger partial charge on any atom is -0.387 e. The Hall–Kier alpha value is -6.75. The average Bonchev–Trinajstić information content (AvgIpc) is 3.28. The van der Waals surface area contributed by atoms with Crippen molar-refractivity contribution in [1.82, 2.24) is 16.0 Å². The molecule has 3 rings (SSSR count). The first-order valence-corrected chi connectivity index (χ1v) is 24.3. The zero-order chi connectivity index (χ0) is 49.5. The number of nitrogens with one attached hydrogen (secondary N) is 3. The lowest BCUT2D eigenvalue weighted by atomic mass is 9.73. The summed E-state index contributed by atoms with van der Waals surface area (Å²) in [6.45, 7) is 14.8. The van der Waals surface area contributed by atoms with E-state index in [1.165, 1.54) is 19.3 Å². The Bertz CT molecular complexity index is 2070. The van der Waals surface area contributed by atoms with Gasteiger partial charge in [0.1, 0.15) is 71.3 Å². The molecule has 0 aromatic carbocycles. The molecule has 12 heteroatoms. The molecular weight excluding hydrogens is 829 g/mol. The van der Waals surface area contributed by atoms with E-state index in [4.69, 9.17) is 0 Å². The quantitative estimate of drug-likeness (QED) is 0.0604. The van der Waals surface area contributed by atoms with Crippen molar-refractivity contribution in [3.63, 3.8) is 0 Å². The fourth-order valence-electron chi connectivity index (χ4n) is 10.00. The highest BCUT2D eigenvalue weighted by molar-refractivity contribution is 5.59. The van der Waals surface area contributed by atoms with Crippen molar-refractivity contribution in [3.05, 3.63) is 67.2 Å². The Labute approximate surface area is 401 Å². The number of nitriles is 9. The van der Waals surface area contributed by atoms with Crippen molar-refractivity contribution >= 4 is 0 Å². The molecule has 0 atom stereocenters. The van der Waals surface area contributed by atoms with Gasteiger partial charge >= 0.3 is 0 Å². The lowest BCUT2D eigenvalue weighted by Gasteiger charge is -2.33. The third-order valence-electron chi connectivity index (χ3n) is 13.3. The molecule has 0 unspecified atom stereocenters. The van der Waals surface area contributed by atoms with Gasteiger partial charge in [-0.25, -0.2) is 0 Å². The third kappa shape index (κ3) is 16.9. The molecular formula is C55H70N12. The monoisotopic (exact) mass is 899 g/mol. The van der Waals surface area contributed by atoms with Gasteiger partial charge in [-0.3, -0.25) is 0 Å². The van der Waals surface area contributed by atoms with Gasteiger partial charge in [0.25, 0.3) is 0 Å². The van der Waals surface area contributed by atoms with Crippen LogP contribution in [0.3, 0.4) is 0 Å². The number of unbranched alkanes of at least 4 members (excludes halogenated alkanes) is 9. The summed E-state index contributed by atoms with van der Waals surface area (Å²) in [7, 11) is 0. The van der Waals surface area contributed by atoms with E-state index in [0.29, 0.717) is 77.9 Å². The summed E-state index contributed by atoms with van der Waals surface area (Å²) >= 11 is 0. The zero-order valence-corrected chi connectivity index (χ0v) is 41.1. The van der Waals surface area contributed by atoms with Gasteiger partial charge in [-0.1, -0.05) is 119 Å². The Balaban J connectivity index is 1.53. The lowest BCUT2D eigenvalue weighted by Crippen LogP contribution is -2.28. The van der Waals surface area contributed by atoms with Crippen LogP contribution < -0.4 is 16.0 Å². The summed E-state index contributed by atoms with van der Waals surface area (Å²) in [5.41, 5.74) is 5.09. The summed E-state index contributed by atoms with van der Waals surface area (Å²) in [4.78, 5) is 0. The minimum absolute atomic E-state index is 0.0222. The molecule has 350 valence electrons. The molecule has 0 spiro atoms. The molecule has 12 nitrogen and oxygen atoms in total. The van der Waals surface area contributed by atoms with Crippen molar-refractivity contribution in [2.75, 3.05) is 19.6 Å². The first kappa shape index (κ1) is 54.6. The molecule has 67 heavy (non-hydrogen) atoms. The van der Waals surface area contributed by atoms with E-state index in [0.717, 1.165) is 114 Å². The second-order valence-electron chi connectivity index (χ2n) is 20.9. The maximum Gasteiger partial charge on any atom is 0.134 e. The van der Waals surface area contributed by atoms with Crippen molar-refractivity contribution in [2.45, 2.75) is 176 Å². The summed E-state index contributed by atoms with van der Waals surface area (Å²) in [6, 6.07) is 18.7. The largest absolute Gasteiger partial charge is 0.387 e. The van der Waals surface area contributed by atoms with E-state index in [-0.39, 0.29) is 33.0 Å². The number of nitrogens with zero attached hydrogens (tertiary/aromatic N) is 9. The molecule has 3 aliphatic rings. The van der Waals surface area contributed by atoms with Crippen LogP contribution in [0.25, 0.3) is 0 Å². The predicted octanol–water partition coefficient (Wildman–Crippen LogP) is 12.0. The Morgan fingerprint density at radius 1 is 0.373 bits per heavy atom. The lowest BCUT2D eigenvalue weighted by molar-refractivity contribution is 0.337. The van der Waals surface area contributed by atoms with E-state index >= 15 is 0 Å². The molecule has 0 aromatic heterocycles. The van der Waals surface area contributed by atoms with Crippen LogP contribution in [0.15, 0.2) is 67.2 Å². The highest BCUT2D eigenvalue weighted by Gasteiger charge is 2.35. The maximum atomic E-state index is 9.97. The van der Waals surface area contributed by atoms with Gasteiger partial charge in [0.15, 0.2) is 0 Å². The Kier molecular flexibility index (Phi) is 22.0. The molecule has 3 N–H and O–H groups in total. The highest BCUT2D eigenvalue weighted by atomic mass is 14.9. The second kappa shape index (κ2) is 27.0. The van der Waals surface area contributed by atoms with Crippen LogP contribution in [-0.2, 0) is 0 Å². The Morgan fingerprint density at radius 2 is 0.612 bits per heavy atom. The Morgan fingerprint density at radius 3 is 0.836 bits per heavy atom. The highest BCUT2D eigenvalue weighted by Crippen LogP contribution is 2.44. The van der Waals surface area contributed by atoms with E-state index in [1.807, 2.05) is 36.4 Å². The zero-order valence-electron chi connectivity index (χ0n) is 41.1. The van der Waals surface area contributed by atoms with Gasteiger partial charge in [0.2, 0.25) is 0 Å². The number of allylic oxidation sites excluding steroid dienone is 12. The van der Waals surface area contributed by atoms with E-state index in [9.17, 15) is 47.4 Å². The molecule has 0 aromatic rings. The van der Waals surface area contributed by atoms with Gasteiger partial charge in [-0.05, 0) is 80.0 Å². The van der Waals surface area contributed by atoms with Gasteiger partial charge < -0.3 is 16.0 Å². The molecule has 0 radical (unpaired) electrons. The SMILES string of the molecule is CC1(C)CC(NCCCCCCC(CCCCCCNC2=C(C#N)C(=C(C#N)C#N)CC(C)(C)C2)CCCCCCNC2=C(C#N)C(=C(C#N)C#N)CC(C)(C)C2)=C(C#N)C(=C(C#N)C#N)C1. The van der Waals surface area contributed by atoms with Crippen LogP contribution in [0.2, 0.25) is 0 Å². The maximum absolute atomic E-state index is 9.97. The van der Waals surface area contributed by atoms with Crippen LogP contribution in [0.4, 0.5) is 0 Å². The average molecular weight is 899 g/mol. The van der Waals surface area contributed by atoms with Crippen molar-refractivity contribution in [1.29, 1.82) is 47.4 Å². The smallest absolute Gasteiger partial charge is 0.134 e. The van der Waals surface area contributed by atoms with Crippen LogP contribution in [-0.4, -0.2) is 19.6 Å². The standard InChI is InChI=1S/C55H70N12/c1-53(2)25-44(41(31-56)32-57)47(37-62)50(28-53)65-22-16-10-7-13-19-40(20-14-8-11-17-23-66-51-29-54(3,4)26-45(48(51)38-63)42(33-58)34-59)21-15-9-12-18-24-67-52-30-55(5,6)27-46(49(52)39-64)43(35-60)36-61/h40,65-67H,7-30H2,1-6H3. The fraction of sp³-hybridized carbons (Fsp3) is 0.618. The number of hydrogen-bond acceptors (Lipinski definition) is 12. The van der Waals surface area contributed by atoms with Crippen molar-refractivity contribution in [3.8, 4) is 54.6 Å². The molecule has 0 heterocycles. The van der Waals surface area contributed by atoms with Crippen LogP contribution in [0, 0.1) is 124 Å². The van der Waals surface area contributed by atoms with Crippen LogP contribution in [0.1, 0.15) is 176 Å². The first-order chi connectivity index (χ1) is 32.1. The van der Waals surface area contributed by atoms with Gasteiger partial charge in [-0.2, -0.15) is 47.4 Å². The normalized spacial score (nSPS) is 17.0. The molecule has 0 fully saturated rings. The molecule has 0 bridgehead atoms. The van der Waals surface area contributed by atoms with Gasteiger partial charge in [-0.15, -0.1) is 0 Å². The summed E-state index contributed by atoms with van der Waals surface area (Å²) in [6.07, 6.45) is 20.2. The third-order valence-corrected chi connectivity index (χ3v) is 13.3. The first-order valence-electron chi connectivity index (χ1n) is 24.3. The number of rotatable bonds is 24. The van der Waals surface area contributed by atoms with E-state index in [2.05, 4.69) is 75.7 Å². The second-order valence-corrected chi connectivity index (χ2v) is 20.9. The molecule has 0 amide bonds. The molecule has 0 aliphatic heterocycles. The van der Waals surface area contributed by atoms with Crippen LogP contribution in [0.5, 0.6) is 0 Å². The molecule has 3 aliphatic carbocycles. The van der Waals surface area contributed by atoms with E-state index < -0.39 is 0 Å². The fourth-order valence-corrected chi connectivity index (χ4v) is 10.00. The topological polar surface area (TPSA) is 250 Å². The molecule has 0 saturated heterocycles. The summed E-state index contributed by atoms with van der Waals surface area (Å²) in [5.74, 6) is 0.641.